The number of nitrogens with one attached hydrogen (secondary N) is 1. The summed E-state index contributed by atoms with van der Waals surface area (Å²) in [6, 6.07) is 23.9. The minimum absolute atomic E-state index is 0.0703. The van der Waals surface area contributed by atoms with E-state index in [1.165, 1.54) is 6.08 Å². The first-order valence-electron chi connectivity index (χ1n) is 10.0. The van der Waals surface area contributed by atoms with Crippen molar-refractivity contribution in [3.8, 4) is 17.2 Å². The van der Waals surface area contributed by atoms with E-state index in [4.69, 9.17) is 14.2 Å². The van der Waals surface area contributed by atoms with Crippen molar-refractivity contribution in [2.24, 2.45) is 0 Å². The second kappa shape index (κ2) is 10.9. The summed E-state index contributed by atoms with van der Waals surface area (Å²) in [5.41, 5.74) is 3.08. The highest BCUT2D eigenvalue weighted by atomic mass is 16.5. The Morgan fingerprint density at radius 1 is 0.839 bits per heavy atom. The van der Waals surface area contributed by atoms with Crippen molar-refractivity contribution in [3.63, 3.8) is 0 Å². The maximum atomic E-state index is 12.5. The summed E-state index contributed by atoms with van der Waals surface area (Å²) in [6.45, 7) is 0.493. The highest BCUT2D eigenvalue weighted by molar-refractivity contribution is 5.92. The maximum Gasteiger partial charge on any atom is 0.244 e. The van der Waals surface area contributed by atoms with Crippen LogP contribution in [0.3, 0.4) is 0 Å². The molecule has 3 rings (SSSR count). The highest BCUT2D eigenvalue weighted by Crippen LogP contribution is 2.38. The molecule has 3 aromatic rings. The van der Waals surface area contributed by atoms with Gasteiger partial charge in [0, 0.05) is 18.5 Å². The van der Waals surface area contributed by atoms with Gasteiger partial charge in [0.15, 0.2) is 11.5 Å². The molecule has 0 fully saturated rings. The van der Waals surface area contributed by atoms with E-state index in [0.29, 0.717) is 23.8 Å². The van der Waals surface area contributed by atoms with Crippen molar-refractivity contribution in [2.75, 3.05) is 27.9 Å². The Labute approximate surface area is 183 Å². The van der Waals surface area contributed by atoms with Crippen LogP contribution in [-0.4, -0.2) is 33.8 Å². The van der Waals surface area contributed by atoms with Gasteiger partial charge in [0.1, 0.15) is 0 Å². The van der Waals surface area contributed by atoms with Gasteiger partial charge in [-0.25, -0.2) is 0 Å². The third-order valence-electron chi connectivity index (χ3n) is 5.00. The van der Waals surface area contributed by atoms with Crippen LogP contribution < -0.4 is 19.5 Å². The quantitative estimate of drug-likeness (QED) is 0.514. The minimum atomic E-state index is -0.175. The highest BCUT2D eigenvalue weighted by Gasteiger charge is 2.15. The van der Waals surface area contributed by atoms with E-state index >= 15 is 0 Å². The summed E-state index contributed by atoms with van der Waals surface area (Å²) in [6.07, 6.45) is 3.23. The van der Waals surface area contributed by atoms with Gasteiger partial charge in [-0.05, 0) is 34.9 Å². The van der Waals surface area contributed by atoms with E-state index in [9.17, 15) is 4.79 Å². The molecule has 0 aliphatic rings. The molecule has 0 bridgehead atoms. The summed E-state index contributed by atoms with van der Waals surface area (Å²) >= 11 is 0. The molecule has 0 radical (unpaired) electrons. The van der Waals surface area contributed by atoms with Crippen LogP contribution >= 0.6 is 0 Å². The normalized spacial score (nSPS) is 10.8. The topological polar surface area (TPSA) is 56.8 Å². The fourth-order valence-corrected chi connectivity index (χ4v) is 3.43. The molecule has 0 aliphatic heterocycles. The lowest BCUT2D eigenvalue weighted by atomic mass is 9.91. The Kier molecular flexibility index (Phi) is 7.71. The van der Waals surface area contributed by atoms with Gasteiger partial charge in [-0.3, -0.25) is 4.79 Å². The van der Waals surface area contributed by atoms with Crippen LogP contribution in [0.1, 0.15) is 22.6 Å². The number of benzene rings is 3. The van der Waals surface area contributed by atoms with Crippen molar-refractivity contribution >= 4 is 12.0 Å². The zero-order valence-corrected chi connectivity index (χ0v) is 18.0. The summed E-state index contributed by atoms with van der Waals surface area (Å²) in [7, 11) is 4.68. The Morgan fingerprint density at radius 2 is 1.35 bits per heavy atom. The summed E-state index contributed by atoms with van der Waals surface area (Å²) in [5.74, 6) is 1.48. The summed E-state index contributed by atoms with van der Waals surface area (Å²) in [5, 5.41) is 3.02. The predicted octanol–water partition coefficient (Wildman–Crippen LogP) is 4.67. The lowest BCUT2D eigenvalue weighted by Gasteiger charge is -2.18. The molecule has 0 spiro atoms. The van der Waals surface area contributed by atoms with Crippen molar-refractivity contribution in [2.45, 2.75) is 5.92 Å². The Bertz CT molecular complexity index is 952. The van der Waals surface area contributed by atoms with E-state index in [0.717, 1.165) is 16.7 Å². The number of rotatable bonds is 9. The van der Waals surface area contributed by atoms with Gasteiger partial charge in [-0.1, -0.05) is 60.7 Å². The van der Waals surface area contributed by atoms with E-state index in [-0.39, 0.29) is 11.8 Å². The van der Waals surface area contributed by atoms with Crippen LogP contribution in [0.4, 0.5) is 0 Å². The van der Waals surface area contributed by atoms with Gasteiger partial charge < -0.3 is 19.5 Å². The first kappa shape index (κ1) is 22.0. The molecule has 0 heterocycles. The molecular formula is C26H27NO4. The van der Waals surface area contributed by atoms with Gasteiger partial charge in [0.05, 0.1) is 21.3 Å². The average Bonchev–Trinajstić information content (AvgIpc) is 2.83. The van der Waals surface area contributed by atoms with Crippen LogP contribution in [0.2, 0.25) is 0 Å². The van der Waals surface area contributed by atoms with Crippen molar-refractivity contribution in [1.29, 1.82) is 0 Å². The molecule has 160 valence electrons. The molecule has 0 aromatic heterocycles. The predicted molar refractivity (Wildman–Crippen MR) is 123 cm³/mol. The number of methoxy groups -OCH3 is 3. The smallest absolute Gasteiger partial charge is 0.244 e. The lowest BCUT2D eigenvalue weighted by molar-refractivity contribution is -0.116. The molecule has 0 saturated heterocycles. The van der Waals surface area contributed by atoms with E-state index in [2.05, 4.69) is 29.6 Å². The molecule has 5 nitrogen and oxygen atoms in total. The maximum absolute atomic E-state index is 12.5. The SMILES string of the molecule is COc1cc(/C=C/C(=O)NCC(c2ccccc2)c2ccccc2)cc(OC)c1OC. The second-order valence-electron chi connectivity index (χ2n) is 6.91. The number of carbonyl (C=O) groups excluding carboxylic acids is 1. The van der Waals surface area contributed by atoms with E-state index < -0.39 is 0 Å². The summed E-state index contributed by atoms with van der Waals surface area (Å²) in [4.78, 5) is 12.5. The van der Waals surface area contributed by atoms with E-state index in [1.807, 2.05) is 36.4 Å². The molecular weight excluding hydrogens is 390 g/mol. The Hall–Kier alpha value is -3.73. The molecule has 0 atom stereocenters. The molecule has 0 saturated carbocycles. The third kappa shape index (κ3) is 5.66. The molecule has 0 unspecified atom stereocenters. The van der Waals surface area contributed by atoms with Gasteiger partial charge in [-0.2, -0.15) is 0 Å². The molecule has 1 N–H and O–H groups in total. The van der Waals surface area contributed by atoms with Gasteiger partial charge in [0.25, 0.3) is 0 Å². The standard InChI is InChI=1S/C26H27NO4/c1-29-23-16-19(17-24(30-2)26(23)31-3)14-15-25(28)27-18-22(20-10-6-4-7-11-20)21-12-8-5-9-13-21/h4-17,22H,18H2,1-3H3,(H,27,28)/b15-14+. The molecule has 1 amide bonds. The zero-order chi connectivity index (χ0) is 22.1. The third-order valence-corrected chi connectivity index (χ3v) is 5.00. The fourth-order valence-electron chi connectivity index (χ4n) is 3.43. The number of amides is 1. The first-order valence-corrected chi connectivity index (χ1v) is 10.0. The second-order valence-corrected chi connectivity index (χ2v) is 6.91. The number of hydrogen-bond acceptors (Lipinski definition) is 4. The van der Waals surface area contributed by atoms with E-state index in [1.54, 1.807) is 39.5 Å². The van der Waals surface area contributed by atoms with Gasteiger partial charge >= 0.3 is 0 Å². The largest absolute Gasteiger partial charge is 0.493 e. The zero-order valence-electron chi connectivity index (χ0n) is 18.0. The van der Waals surface area contributed by atoms with Crippen LogP contribution in [0.15, 0.2) is 78.9 Å². The van der Waals surface area contributed by atoms with Crippen LogP contribution in [-0.2, 0) is 4.79 Å². The molecule has 5 heteroatoms. The lowest BCUT2D eigenvalue weighted by Crippen LogP contribution is -2.27. The molecule has 0 aliphatic carbocycles. The monoisotopic (exact) mass is 417 g/mol. The first-order chi connectivity index (χ1) is 15.2. The molecule has 31 heavy (non-hydrogen) atoms. The van der Waals surface area contributed by atoms with Crippen LogP contribution in [0.25, 0.3) is 6.08 Å². The van der Waals surface area contributed by atoms with Gasteiger partial charge in [-0.15, -0.1) is 0 Å². The number of carbonyl (C=O) groups is 1. The average molecular weight is 418 g/mol. The van der Waals surface area contributed by atoms with Crippen molar-refractivity contribution < 1.29 is 19.0 Å². The van der Waals surface area contributed by atoms with Crippen molar-refractivity contribution in [3.05, 3.63) is 95.6 Å². The number of ether oxygens (including phenoxy) is 3. The Morgan fingerprint density at radius 3 is 1.81 bits per heavy atom. The Balaban J connectivity index is 1.73. The fraction of sp³-hybridized carbons (Fsp3) is 0.192. The van der Waals surface area contributed by atoms with Crippen LogP contribution in [0, 0.1) is 0 Å². The van der Waals surface area contributed by atoms with Crippen LogP contribution in [0.5, 0.6) is 17.2 Å². The minimum Gasteiger partial charge on any atom is -0.493 e. The molecule has 3 aromatic carbocycles. The number of hydrogen-bond donors (Lipinski definition) is 1. The van der Waals surface area contributed by atoms with Gasteiger partial charge in [0.2, 0.25) is 11.7 Å². The van der Waals surface area contributed by atoms with Crippen molar-refractivity contribution in [1.82, 2.24) is 5.32 Å². The summed E-state index contributed by atoms with van der Waals surface area (Å²) < 4.78 is 16.1.